The smallest absolute Gasteiger partial charge is 0.210 e. The van der Waals surface area contributed by atoms with Crippen molar-refractivity contribution >= 4 is 0 Å². The van der Waals surface area contributed by atoms with E-state index in [0.717, 1.165) is 11.3 Å². The van der Waals surface area contributed by atoms with Gasteiger partial charge in [0.05, 0.1) is 13.0 Å². The van der Waals surface area contributed by atoms with Gasteiger partial charge in [0.15, 0.2) is 0 Å². The molecule has 1 unspecified atom stereocenters. The second-order valence-corrected chi connectivity index (χ2v) is 3.51. The molecule has 1 aromatic carbocycles. The van der Waals surface area contributed by atoms with Gasteiger partial charge >= 0.3 is 0 Å². The Morgan fingerprint density at radius 3 is 2.56 bits per heavy atom. The normalized spacial score (nSPS) is 11.8. The van der Waals surface area contributed by atoms with Crippen LogP contribution in [-0.2, 0) is 0 Å². The van der Waals surface area contributed by atoms with Gasteiger partial charge in [0.2, 0.25) is 6.54 Å². The van der Waals surface area contributed by atoms with E-state index in [-0.39, 0.29) is 17.4 Å². The van der Waals surface area contributed by atoms with Crippen molar-refractivity contribution in [1.82, 2.24) is 0 Å². The molecule has 0 aromatic heterocycles. The molecule has 0 amide bonds. The predicted octanol–water partition coefficient (Wildman–Crippen LogP) is 2.63. The lowest BCUT2D eigenvalue weighted by molar-refractivity contribution is -0.483. The van der Waals surface area contributed by atoms with Crippen LogP contribution in [0.4, 0.5) is 0 Å². The highest BCUT2D eigenvalue weighted by atomic mass is 16.6. The first-order valence-corrected chi connectivity index (χ1v) is 5.04. The summed E-state index contributed by atoms with van der Waals surface area (Å²) in [5.41, 5.74) is 0.942. The lowest BCUT2D eigenvalue weighted by atomic mass is 9.96. The molecule has 0 radical (unpaired) electrons. The first kappa shape index (κ1) is 12.2. The van der Waals surface area contributed by atoms with Gasteiger partial charge in [0.1, 0.15) is 5.75 Å². The monoisotopic (exact) mass is 221 g/mol. The summed E-state index contributed by atoms with van der Waals surface area (Å²) in [6, 6.07) is 7.34. The summed E-state index contributed by atoms with van der Waals surface area (Å²) in [7, 11) is 1.59. The highest BCUT2D eigenvalue weighted by Gasteiger charge is 2.16. The number of nitrogens with zero attached hydrogens (tertiary/aromatic N) is 1. The Bertz CT molecular complexity index is 359. The largest absolute Gasteiger partial charge is 0.497 e. The van der Waals surface area contributed by atoms with Gasteiger partial charge in [-0.1, -0.05) is 18.2 Å². The summed E-state index contributed by atoms with van der Waals surface area (Å²) in [5.74, 6) is 0.639. The van der Waals surface area contributed by atoms with E-state index in [1.807, 2.05) is 24.3 Å². The molecule has 16 heavy (non-hydrogen) atoms. The molecule has 0 N–H and O–H groups in total. The highest BCUT2D eigenvalue weighted by molar-refractivity contribution is 5.29. The minimum Gasteiger partial charge on any atom is -0.497 e. The molecule has 1 aromatic rings. The first-order chi connectivity index (χ1) is 7.67. The van der Waals surface area contributed by atoms with E-state index in [2.05, 4.69) is 6.58 Å². The van der Waals surface area contributed by atoms with Gasteiger partial charge in [-0.25, -0.2) is 0 Å². The second kappa shape index (κ2) is 5.90. The van der Waals surface area contributed by atoms with Crippen molar-refractivity contribution in [3.63, 3.8) is 0 Å². The summed E-state index contributed by atoms with van der Waals surface area (Å²) in [6.07, 6.45) is 2.31. The zero-order chi connectivity index (χ0) is 12.0. The summed E-state index contributed by atoms with van der Waals surface area (Å²) in [6.45, 7) is 3.55. The number of nitro groups is 1. The molecule has 0 fully saturated rings. The van der Waals surface area contributed by atoms with Gasteiger partial charge in [-0.3, -0.25) is 10.1 Å². The van der Waals surface area contributed by atoms with E-state index < -0.39 is 0 Å². The quantitative estimate of drug-likeness (QED) is 0.421. The minimum atomic E-state index is -0.293. The molecular formula is C12H15NO3. The highest BCUT2D eigenvalue weighted by Crippen LogP contribution is 2.22. The molecule has 1 rings (SSSR count). The Hall–Kier alpha value is -1.84. The van der Waals surface area contributed by atoms with Crippen LogP contribution in [-0.4, -0.2) is 18.6 Å². The van der Waals surface area contributed by atoms with E-state index >= 15 is 0 Å². The molecular weight excluding hydrogens is 206 g/mol. The number of benzene rings is 1. The topological polar surface area (TPSA) is 52.4 Å². The van der Waals surface area contributed by atoms with Crippen molar-refractivity contribution in [1.29, 1.82) is 0 Å². The fourth-order valence-electron chi connectivity index (χ4n) is 1.57. The molecule has 0 bridgehead atoms. The van der Waals surface area contributed by atoms with Crippen LogP contribution in [0.15, 0.2) is 36.9 Å². The third-order valence-corrected chi connectivity index (χ3v) is 2.41. The van der Waals surface area contributed by atoms with Crippen molar-refractivity contribution in [2.75, 3.05) is 13.7 Å². The van der Waals surface area contributed by atoms with Crippen molar-refractivity contribution < 1.29 is 9.66 Å². The van der Waals surface area contributed by atoms with E-state index in [1.54, 1.807) is 13.2 Å². The fraction of sp³-hybridized carbons (Fsp3) is 0.333. The molecule has 0 aliphatic carbocycles. The SMILES string of the molecule is C=CCC(C[N+](=O)[O-])c1ccc(OC)cc1. The summed E-state index contributed by atoms with van der Waals surface area (Å²) >= 11 is 0. The summed E-state index contributed by atoms with van der Waals surface area (Å²) in [5, 5.41) is 10.5. The first-order valence-electron chi connectivity index (χ1n) is 5.04. The van der Waals surface area contributed by atoms with Crippen LogP contribution in [0.5, 0.6) is 5.75 Å². The average molecular weight is 221 g/mol. The Labute approximate surface area is 94.7 Å². The number of hydrogen-bond donors (Lipinski definition) is 0. The number of methoxy groups -OCH3 is 1. The van der Waals surface area contributed by atoms with Crippen molar-refractivity contribution in [2.24, 2.45) is 0 Å². The van der Waals surface area contributed by atoms with Gasteiger partial charge in [-0.2, -0.15) is 0 Å². The lowest BCUT2D eigenvalue weighted by Crippen LogP contribution is -2.11. The maximum Gasteiger partial charge on any atom is 0.210 e. The molecule has 4 heteroatoms. The van der Waals surface area contributed by atoms with Crippen molar-refractivity contribution in [3.8, 4) is 5.75 Å². The molecule has 0 aliphatic heterocycles. The Kier molecular flexibility index (Phi) is 4.51. The van der Waals surface area contributed by atoms with Gasteiger partial charge < -0.3 is 4.74 Å². The van der Waals surface area contributed by atoms with Gasteiger partial charge in [-0.15, -0.1) is 6.58 Å². The molecule has 0 saturated heterocycles. The van der Waals surface area contributed by atoms with E-state index in [9.17, 15) is 10.1 Å². The molecule has 4 nitrogen and oxygen atoms in total. The molecule has 1 atom stereocenters. The molecule has 0 heterocycles. The third kappa shape index (κ3) is 3.38. The molecule has 86 valence electrons. The molecule has 0 spiro atoms. The van der Waals surface area contributed by atoms with E-state index in [4.69, 9.17) is 4.74 Å². The van der Waals surface area contributed by atoms with Crippen LogP contribution < -0.4 is 4.74 Å². The fourth-order valence-corrected chi connectivity index (χ4v) is 1.57. The predicted molar refractivity (Wildman–Crippen MR) is 62.4 cm³/mol. The van der Waals surface area contributed by atoms with Crippen molar-refractivity contribution in [3.05, 3.63) is 52.6 Å². The molecule has 0 aliphatic rings. The number of allylic oxidation sites excluding steroid dienone is 1. The van der Waals surface area contributed by atoms with Crippen LogP contribution >= 0.6 is 0 Å². The number of ether oxygens (including phenoxy) is 1. The third-order valence-electron chi connectivity index (χ3n) is 2.41. The average Bonchev–Trinajstić information content (AvgIpc) is 2.28. The number of rotatable bonds is 6. The van der Waals surface area contributed by atoms with Gasteiger partial charge in [0.25, 0.3) is 0 Å². The standard InChI is InChI=1S/C12H15NO3/c1-3-4-11(9-13(14)15)10-5-7-12(16-2)8-6-10/h3,5-8,11H,1,4,9H2,2H3. The summed E-state index contributed by atoms with van der Waals surface area (Å²) < 4.78 is 5.04. The second-order valence-electron chi connectivity index (χ2n) is 3.51. The minimum absolute atomic E-state index is 0.0711. The van der Waals surface area contributed by atoms with Crippen LogP contribution in [0.1, 0.15) is 17.9 Å². The number of hydrogen-bond acceptors (Lipinski definition) is 3. The van der Waals surface area contributed by atoms with Crippen LogP contribution in [0, 0.1) is 10.1 Å². The van der Waals surface area contributed by atoms with E-state index in [0.29, 0.717) is 6.42 Å². The van der Waals surface area contributed by atoms with Crippen molar-refractivity contribution in [2.45, 2.75) is 12.3 Å². The zero-order valence-corrected chi connectivity index (χ0v) is 9.26. The van der Waals surface area contributed by atoms with E-state index in [1.165, 1.54) is 0 Å². The van der Waals surface area contributed by atoms with Gasteiger partial charge in [0, 0.05) is 4.92 Å². The molecule has 0 saturated carbocycles. The maximum absolute atomic E-state index is 10.5. The maximum atomic E-state index is 10.5. The Balaban J connectivity index is 2.82. The Morgan fingerprint density at radius 2 is 2.12 bits per heavy atom. The zero-order valence-electron chi connectivity index (χ0n) is 9.26. The van der Waals surface area contributed by atoms with Crippen LogP contribution in [0.3, 0.4) is 0 Å². The van der Waals surface area contributed by atoms with Crippen LogP contribution in [0.2, 0.25) is 0 Å². The Morgan fingerprint density at radius 1 is 1.50 bits per heavy atom. The lowest BCUT2D eigenvalue weighted by Gasteiger charge is -2.11. The van der Waals surface area contributed by atoms with Gasteiger partial charge in [-0.05, 0) is 24.1 Å². The summed E-state index contributed by atoms with van der Waals surface area (Å²) in [4.78, 5) is 10.2. The van der Waals surface area contributed by atoms with Crippen LogP contribution in [0.25, 0.3) is 0 Å².